The summed E-state index contributed by atoms with van der Waals surface area (Å²) in [5, 5.41) is 0. The third-order valence-corrected chi connectivity index (χ3v) is 3.73. The van der Waals surface area contributed by atoms with Crippen LogP contribution in [-0.2, 0) is 4.74 Å². The summed E-state index contributed by atoms with van der Waals surface area (Å²) in [5.74, 6) is 0. The van der Waals surface area contributed by atoms with Crippen molar-refractivity contribution in [3.05, 3.63) is 0 Å². The number of hydrogen-bond donors (Lipinski definition) is 0. The highest BCUT2D eigenvalue weighted by molar-refractivity contribution is 4.90. The van der Waals surface area contributed by atoms with E-state index in [1.54, 1.807) is 7.11 Å². The lowest BCUT2D eigenvalue weighted by atomic mass is 10.0. The van der Waals surface area contributed by atoms with E-state index in [4.69, 9.17) is 4.74 Å². The van der Waals surface area contributed by atoms with Gasteiger partial charge in [0.05, 0.1) is 6.61 Å². The lowest BCUT2D eigenvalue weighted by molar-refractivity contribution is 0.0798. The number of piperidine rings is 1. The van der Waals surface area contributed by atoms with Crippen LogP contribution in [0, 0.1) is 0 Å². The topological polar surface area (TPSA) is 15.7 Å². The minimum atomic E-state index is 0.823. The number of hydrogen-bond acceptors (Lipinski definition) is 3. The zero-order valence-electron chi connectivity index (χ0n) is 10.1. The van der Waals surface area contributed by atoms with E-state index >= 15 is 0 Å². The van der Waals surface area contributed by atoms with E-state index in [1.165, 1.54) is 38.8 Å². The van der Waals surface area contributed by atoms with Crippen molar-refractivity contribution < 1.29 is 4.74 Å². The molecule has 1 aliphatic carbocycles. The first-order valence-corrected chi connectivity index (χ1v) is 6.24. The van der Waals surface area contributed by atoms with Crippen LogP contribution in [-0.4, -0.2) is 62.3 Å². The smallest absolute Gasteiger partial charge is 0.0589 e. The van der Waals surface area contributed by atoms with Gasteiger partial charge in [-0.2, -0.15) is 0 Å². The van der Waals surface area contributed by atoms with Crippen molar-refractivity contribution >= 4 is 0 Å². The van der Waals surface area contributed by atoms with Gasteiger partial charge >= 0.3 is 0 Å². The average Bonchev–Trinajstić information content (AvgIpc) is 3.05. The van der Waals surface area contributed by atoms with E-state index in [0.717, 1.165) is 25.2 Å². The van der Waals surface area contributed by atoms with Gasteiger partial charge in [0.25, 0.3) is 0 Å². The number of likely N-dealkylation sites (tertiary alicyclic amines) is 1. The molecular formula is C12H24N2O. The Labute approximate surface area is 93.4 Å². The molecule has 0 N–H and O–H groups in total. The molecule has 0 bridgehead atoms. The summed E-state index contributed by atoms with van der Waals surface area (Å²) in [6.45, 7) is 4.56. The predicted molar refractivity (Wildman–Crippen MR) is 62.1 cm³/mol. The SMILES string of the molecule is COCCN(C1CC1)C1CCN(C)CC1. The lowest BCUT2D eigenvalue weighted by Crippen LogP contribution is -2.45. The van der Waals surface area contributed by atoms with E-state index in [2.05, 4.69) is 16.8 Å². The maximum atomic E-state index is 5.21. The molecule has 15 heavy (non-hydrogen) atoms. The van der Waals surface area contributed by atoms with Gasteiger partial charge in [-0.1, -0.05) is 0 Å². The van der Waals surface area contributed by atoms with Crippen LogP contribution in [0.1, 0.15) is 25.7 Å². The second-order valence-corrected chi connectivity index (χ2v) is 5.00. The summed E-state index contributed by atoms with van der Waals surface area (Å²) in [4.78, 5) is 5.15. The van der Waals surface area contributed by atoms with Crippen molar-refractivity contribution in [1.29, 1.82) is 0 Å². The van der Waals surface area contributed by atoms with E-state index in [1.807, 2.05) is 0 Å². The fraction of sp³-hybridized carbons (Fsp3) is 1.00. The molecule has 0 amide bonds. The largest absolute Gasteiger partial charge is 0.383 e. The first kappa shape index (κ1) is 11.4. The molecule has 0 radical (unpaired) electrons. The molecule has 1 aliphatic heterocycles. The molecule has 2 rings (SSSR count). The maximum Gasteiger partial charge on any atom is 0.0589 e. The molecular weight excluding hydrogens is 188 g/mol. The first-order chi connectivity index (χ1) is 7.31. The van der Waals surface area contributed by atoms with Gasteiger partial charge in [-0.05, 0) is 45.8 Å². The van der Waals surface area contributed by atoms with Crippen LogP contribution in [0.2, 0.25) is 0 Å². The molecule has 0 aromatic carbocycles. The van der Waals surface area contributed by atoms with Gasteiger partial charge < -0.3 is 9.64 Å². The molecule has 0 unspecified atom stereocenters. The molecule has 2 aliphatic rings. The summed E-state index contributed by atoms with van der Waals surface area (Å²) >= 11 is 0. The Morgan fingerprint density at radius 1 is 1.13 bits per heavy atom. The van der Waals surface area contributed by atoms with Crippen LogP contribution < -0.4 is 0 Å². The minimum absolute atomic E-state index is 0.823. The predicted octanol–water partition coefficient (Wildman–Crippen LogP) is 1.19. The Hall–Kier alpha value is -0.120. The molecule has 1 heterocycles. The fourth-order valence-corrected chi connectivity index (χ4v) is 2.59. The van der Waals surface area contributed by atoms with Gasteiger partial charge in [-0.3, -0.25) is 4.90 Å². The molecule has 3 heteroatoms. The summed E-state index contributed by atoms with van der Waals surface area (Å²) in [5.41, 5.74) is 0. The lowest BCUT2D eigenvalue weighted by Gasteiger charge is -2.37. The van der Waals surface area contributed by atoms with Crippen LogP contribution in [0.5, 0.6) is 0 Å². The number of rotatable bonds is 5. The van der Waals surface area contributed by atoms with Gasteiger partial charge in [-0.15, -0.1) is 0 Å². The molecule has 0 spiro atoms. The highest BCUT2D eigenvalue weighted by Gasteiger charge is 2.34. The summed E-state index contributed by atoms with van der Waals surface area (Å²) < 4.78 is 5.21. The first-order valence-electron chi connectivity index (χ1n) is 6.24. The Bertz CT molecular complexity index is 186. The Kier molecular flexibility index (Phi) is 4.00. The monoisotopic (exact) mass is 212 g/mol. The van der Waals surface area contributed by atoms with Crippen LogP contribution >= 0.6 is 0 Å². The molecule has 88 valence electrons. The third kappa shape index (κ3) is 3.16. The Balaban J connectivity index is 1.81. The van der Waals surface area contributed by atoms with Crippen molar-refractivity contribution in [3.63, 3.8) is 0 Å². The molecule has 0 aromatic heterocycles. The number of ether oxygens (including phenoxy) is 1. The highest BCUT2D eigenvalue weighted by atomic mass is 16.5. The highest BCUT2D eigenvalue weighted by Crippen LogP contribution is 2.31. The fourth-order valence-electron chi connectivity index (χ4n) is 2.59. The van der Waals surface area contributed by atoms with Gasteiger partial charge in [0.15, 0.2) is 0 Å². The van der Waals surface area contributed by atoms with Gasteiger partial charge in [0.1, 0.15) is 0 Å². The van der Waals surface area contributed by atoms with E-state index in [9.17, 15) is 0 Å². The Morgan fingerprint density at radius 3 is 2.27 bits per heavy atom. The molecule has 3 nitrogen and oxygen atoms in total. The van der Waals surface area contributed by atoms with E-state index < -0.39 is 0 Å². The quantitative estimate of drug-likeness (QED) is 0.681. The summed E-state index contributed by atoms with van der Waals surface area (Å²) in [7, 11) is 4.03. The molecule has 1 saturated heterocycles. The van der Waals surface area contributed by atoms with Crippen LogP contribution in [0.3, 0.4) is 0 Å². The molecule has 2 fully saturated rings. The van der Waals surface area contributed by atoms with Crippen molar-refractivity contribution in [2.75, 3.05) is 40.4 Å². The zero-order chi connectivity index (χ0) is 10.7. The molecule has 1 saturated carbocycles. The molecule has 0 aromatic rings. The van der Waals surface area contributed by atoms with Crippen molar-refractivity contribution in [2.45, 2.75) is 37.8 Å². The van der Waals surface area contributed by atoms with Gasteiger partial charge in [0, 0.05) is 25.7 Å². The average molecular weight is 212 g/mol. The third-order valence-electron chi connectivity index (χ3n) is 3.73. The van der Waals surface area contributed by atoms with Crippen molar-refractivity contribution in [3.8, 4) is 0 Å². The maximum absolute atomic E-state index is 5.21. The summed E-state index contributed by atoms with van der Waals surface area (Å²) in [6, 6.07) is 1.71. The second kappa shape index (κ2) is 5.28. The van der Waals surface area contributed by atoms with Crippen LogP contribution in [0.15, 0.2) is 0 Å². The van der Waals surface area contributed by atoms with E-state index in [-0.39, 0.29) is 0 Å². The van der Waals surface area contributed by atoms with Crippen molar-refractivity contribution in [1.82, 2.24) is 9.80 Å². The summed E-state index contributed by atoms with van der Waals surface area (Å²) in [6.07, 6.45) is 5.51. The van der Waals surface area contributed by atoms with Crippen LogP contribution in [0.4, 0.5) is 0 Å². The standard InChI is InChI=1S/C12H24N2O/c1-13-7-5-12(6-8-13)14(9-10-15-2)11-3-4-11/h11-12H,3-10H2,1-2H3. The number of methoxy groups -OCH3 is 1. The number of nitrogens with zero attached hydrogens (tertiary/aromatic N) is 2. The minimum Gasteiger partial charge on any atom is -0.383 e. The van der Waals surface area contributed by atoms with E-state index in [0.29, 0.717) is 0 Å². The Morgan fingerprint density at radius 2 is 1.73 bits per heavy atom. The molecule has 0 atom stereocenters. The second-order valence-electron chi connectivity index (χ2n) is 5.00. The van der Waals surface area contributed by atoms with Gasteiger partial charge in [-0.25, -0.2) is 0 Å². The van der Waals surface area contributed by atoms with Crippen LogP contribution in [0.25, 0.3) is 0 Å². The van der Waals surface area contributed by atoms with Crippen molar-refractivity contribution in [2.24, 2.45) is 0 Å². The zero-order valence-corrected chi connectivity index (χ0v) is 10.1. The van der Waals surface area contributed by atoms with Gasteiger partial charge in [0.2, 0.25) is 0 Å². The normalized spacial score (nSPS) is 25.0.